The molecule has 1 unspecified atom stereocenters. The number of rotatable bonds is 4. The second-order valence-corrected chi connectivity index (χ2v) is 9.99. The second-order valence-electron chi connectivity index (χ2n) is 9.04. The molecule has 1 N–H and O–H groups in total. The number of halogens is 1. The maximum absolute atomic E-state index is 5.83. The minimum Gasteiger partial charge on any atom is -0.381 e. The van der Waals surface area contributed by atoms with Gasteiger partial charge in [-0.1, -0.05) is 20.8 Å². The van der Waals surface area contributed by atoms with Crippen molar-refractivity contribution in [2.24, 2.45) is 10.4 Å². The van der Waals surface area contributed by atoms with E-state index in [1.165, 1.54) is 36.4 Å². The van der Waals surface area contributed by atoms with Crippen LogP contribution in [-0.2, 0) is 16.6 Å². The Bertz CT molecular complexity index is 629. The van der Waals surface area contributed by atoms with Gasteiger partial charge < -0.3 is 15.0 Å². The first kappa shape index (κ1) is 23.9. The number of nitrogens with one attached hydrogen (secondary N) is 1. The molecule has 2 aliphatic rings. The number of piperidine rings is 1. The molecular formula is C21H37IN4OS. The third-order valence-electron chi connectivity index (χ3n) is 5.61. The molecule has 160 valence electrons. The molecule has 2 aliphatic heterocycles. The molecule has 3 heterocycles. The summed E-state index contributed by atoms with van der Waals surface area (Å²) in [4.78, 5) is 12.2. The van der Waals surface area contributed by atoms with E-state index in [1.807, 2.05) is 0 Å². The molecule has 0 aromatic carbocycles. The van der Waals surface area contributed by atoms with Crippen LogP contribution in [0, 0.1) is 5.41 Å². The van der Waals surface area contributed by atoms with Gasteiger partial charge in [-0.2, -0.15) is 0 Å². The van der Waals surface area contributed by atoms with Crippen LogP contribution in [0.1, 0.15) is 64.1 Å². The third-order valence-corrected chi connectivity index (χ3v) is 6.52. The summed E-state index contributed by atoms with van der Waals surface area (Å²) in [5.41, 5.74) is 1.65. The van der Waals surface area contributed by atoms with Crippen molar-refractivity contribution in [3.05, 3.63) is 16.1 Å². The fraction of sp³-hybridized carbons (Fsp3) is 0.810. The number of aromatic nitrogens is 1. The fourth-order valence-electron chi connectivity index (χ4n) is 4.07. The summed E-state index contributed by atoms with van der Waals surface area (Å²) in [6.07, 6.45) is 5.92. The van der Waals surface area contributed by atoms with Gasteiger partial charge in [0.15, 0.2) is 5.96 Å². The molecule has 3 rings (SSSR count). The quantitative estimate of drug-likeness (QED) is 0.362. The Morgan fingerprint density at radius 2 is 2.14 bits per heavy atom. The van der Waals surface area contributed by atoms with Gasteiger partial charge >= 0.3 is 0 Å². The van der Waals surface area contributed by atoms with Crippen molar-refractivity contribution < 1.29 is 4.74 Å². The van der Waals surface area contributed by atoms with Crippen molar-refractivity contribution in [2.75, 3.05) is 39.4 Å². The minimum absolute atomic E-state index is 0. The van der Waals surface area contributed by atoms with E-state index < -0.39 is 0 Å². The Kier molecular flexibility index (Phi) is 9.01. The van der Waals surface area contributed by atoms with Crippen LogP contribution in [0.15, 0.2) is 10.4 Å². The molecule has 7 heteroatoms. The lowest BCUT2D eigenvalue weighted by atomic mass is 9.76. The average molecular weight is 521 g/mol. The number of ether oxygens (including phenoxy) is 1. The van der Waals surface area contributed by atoms with Crippen LogP contribution in [0.2, 0.25) is 0 Å². The van der Waals surface area contributed by atoms with Gasteiger partial charge in [-0.15, -0.1) is 35.3 Å². The van der Waals surface area contributed by atoms with Crippen LogP contribution in [0.25, 0.3) is 0 Å². The van der Waals surface area contributed by atoms with Crippen molar-refractivity contribution >= 4 is 41.3 Å². The van der Waals surface area contributed by atoms with Gasteiger partial charge in [-0.05, 0) is 32.6 Å². The Balaban J connectivity index is 0.00000280. The molecule has 0 radical (unpaired) electrons. The monoisotopic (exact) mass is 520 g/mol. The third kappa shape index (κ3) is 6.29. The average Bonchev–Trinajstić information content (AvgIpc) is 3.11. The first-order valence-electron chi connectivity index (χ1n) is 10.5. The van der Waals surface area contributed by atoms with E-state index in [4.69, 9.17) is 14.7 Å². The van der Waals surface area contributed by atoms with Gasteiger partial charge in [0, 0.05) is 55.4 Å². The van der Waals surface area contributed by atoms with E-state index in [1.54, 1.807) is 11.3 Å². The number of thiazole rings is 1. The zero-order chi connectivity index (χ0) is 19.3. The standard InChI is InChI=1S/C21H36N4OS.HI/c1-5-22-19(23-11-8-18-24-17(14-27-18)20(2,3)4)25-12-6-9-21(15-25)10-7-13-26-16-21;/h14H,5-13,15-16H2,1-4H3,(H,22,23);1H. The number of hydrogen-bond acceptors (Lipinski definition) is 4. The summed E-state index contributed by atoms with van der Waals surface area (Å²) >= 11 is 1.76. The summed E-state index contributed by atoms with van der Waals surface area (Å²) in [7, 11) is 0. The predicted molar refractivity (Wildman–Crippen MR) is 129 cm³/mol. The molecule has 1 spiro atoms. The number of nitrogens with zero attached hydrogens (tertiary/aromatic N) is 3. The summed E-state index contributed by atoms with van der Waals surface area (Å²) in [6, 6.07) is 0. The maximum Gasteiger partial charge on any atom is 0.193 e. The lowest BCUT2D eigenvalue weighted by Crippen LogP contribution is -2.53. The van der Waals surface area contributed by atoms with Gasteiger partial charge in [0.05, 0.1) is 17.3 Å². The van der Waals surface area contributed by atoms with E-state index in [2.05, 4.69) is 43.3 Å². The van der Waals surface area contributed by atoms with E-state index in [-0.39, 0.29) is 29.4 Å². The molecule has 1 atom stereocenters. The number of guanidine groups is 1. The van der Waals surface area contributed by atoms with Crippen molar-refractivity contribution in [2.45, 2.75) is 65.2 Å². The summed E-state index contributed by atoms with van der Waals surface area (Å²) in [5.74, 6) is 1.06. The summed E-state index contributed by atoms with van der Waals surface area (Å²) in [5, 5.41) is 6.89. The minimum atomic E-state index is 0. The Morgan fingerprint density at radius 3 is 2.79 bits per heavy atom. The van der Waals surface area contributed by atoms with Crippen LogP contribution in [0.3, 0.4) is 0 Å². The molecule has 0 aliphatic carbocycles. The molecule has 0 saturated carbocycles. The predicted octanol–water partition coefficient (Wildman–Crippen LogP) is 4.46. The molecule has 5 nitrogen and oxygen atoms in total. The van der Waals surface area contributed by atoms with Crippen LogP contribution in [-0.4, -0.2) is 55.2 Å². The molecule has 2 fully saturated rings. The van der Waals surface area contributed by atoms with Gasteiger partial charge in [0.1, 0.15) is 0 Å². The summed E-state index contributed by atoms with van der Waals surface area (Å²) < 4.78 is 5.83. The lowest BCUT2D eigenvalue weighted by Gasteiger charge is -2.45. The smallest absolute Gasteiger partial charge is 0.193 e. The van der Waals surface area contributed by atoms with Crippen LogP contribution < -0.4 is 5.32 Å². The Labute approximate surface area is 191 Å². The largest absolute Gasteiger partial charge is 0.381 e. The van der Waals surface area contributed by atoms with Crippen LogP contribution >= 0.6 is 35.3 Å². The van der Waals surface area contributed by atoms with E-state index in [0.29, 0.717) is 5.41 Å². The molecule has 1 aromatic rings. The van der Waals surface area contributed by atoms with Crippen molar-refractivity contribution in [1.29, 1.82) is 0 Å². The first-order chi connectivity index (χ1) is 12.9. The topological polar surface area (TPSA) is 49.8 Å². The number of aliphatic imine (C=N–C) groups is 1. The zero-order valence-corrected chi connectivity index (χ0v) is 21.1. The molecule has 0 amide bonds. The van der Waals surface area contributed by atoms with E-state index >= 15 is 0 Å². The second kappa shape index (κ2) is 10.6. The van der Waals surface area contributed by atoms with Gasteiger partial charge in [0.25, 0.3) is 0 Å². The van der Waals surface area contributed by atoms with Crippen LogP contribution in [0.5, 0.6) is 0 Å². The zero-order valence-electron chi connectivity index (χ0n) is 17.9. The highest BCUT2D eigenvalue weighted by atomic mass is 127. The normalized spacial score (nSPS) is 23.6. The van der Waals surface area contributed by atoms with Gasteiger partial charge in [0.2, 0.25) is 0 Å². The SMILES string of the molecule is CCNC(=NCCc1nc(C(C)(C)C)cs1)N1CCCC2(CCCOC2)C1.I. The molecule has 28 heavy (non-hydrogen) atoms. The van der Waals surface area contributed by atoms with Gasteiger partial charge in [-0.3, -0.25) is 4.99 Å². The molecule has 1 aromatic heterocycles. The maximum atomic E-state index is 5.83. The highest BCUT2D eigenvalue weighted by Gasteiger charge is 2.38. The van der Waals surface area contributed by atoms with E-state index in [9.17, 15) is 0 Å². The van der Waals surface area contributed by atoms with Crippen molar-refractivity contribution in [3.63, 3.8) is 0 Å². The summed E-state index contributed by atoms with van der Waals surface area (Å²) in [6.45, 7) is 14.5. The van der Waals surface area contributed by atoms with Crippen molar-refractivity contribution in [1.82, 2.24) is 15.2 Å². The Hall–Kier alpha value is -0.410. The molecular weight excluding hydrogens is 483 g/mol. The highest BCUT2D eigenvalue weighted by Crippen LogP contribution is 2.37. The first-order valence-corrected chi connectivity index (χ1v) is 11.4. The van der Waals surface area contributed by atoms with Crippen molar-refractivity contribution in [3.8, 4) is 0 Å². The highest BCUT2D eigenvalue weighted by molar-refractivity contribution is 14.0. The molecule has 0 bridgehead atoms. The van der Waals surface area contributed by atoms with Gasteiger partial charge in [-0.25, -0.2) is 4.98 Å². The molecule has 2 saturated heterocycles. The Morgan fingerprint density at radius 1 is 1.36 bits per heavy atom. The number of likely N-dealkylation sites (tertiary alicyclic amines) is 1. The fourth-order valence-corrected chi connectivity index (χ4v) is 5.09. The lowest BCUT2D eigenvalue weighted by molar-refractivity contribution is -0.0370. The number of hydrogen-bond donors (Lipinski definition) is 1. The van der Waals surface area contributed by atoms with E-state index in [0.717, 1.165) is 51.8 Å². The van der Waals surface area contributed by atoms with Crippen LogP contribution in [0.4, 0.5) is 0 Å².